The Hall–Kier alpha value is -1.37. The van der Waals surface area contributed by atoms with Crippen LogP contribution in [0.4, 0.5) is 0 Å². The molecule has 2 heterocycles. The molecule has 0 fully saturated rings. The van der Waals surface area contributed by atoms with Crippen LogP contribution < -0.4 is 11.3 Å². The van der Waals surface area contributed by atoms with E-state index in [1.165, 1.54) is 4.88 Å². The lowest BCUT2D eigenvalue weighted by molar-refractivity contribution is 0.539. The van der Waals surface area contributed by atoms with Gasteiger partial charge in [-0.05, 0) is 6.92 Å². The van der Waals surface area contributed by atoms with Gasteiger partial charge in [-0.3, -0.25) is 26.2 Å². The number of nitrogens with two attached hydrogens (primary N) is 1. The number of rotatable bonds is 4. The first kappa shape index (κ1) is 11.1. The van der Waals surface area contributed by atoms with Crippen molar-refractivity contribution >= 4 is 11.3 Å². The molecule has 5 nitrogen and oxygen atoms in total. The lowest BCUT2D eigenvalue weighted by atomic mass is 10.1. The van der Waals surface area contributed by atoms with Crippen LogP contribution in [0.2, 0.25) is 0 Å². The average Bonchev–Trinajstić information content (AvgIpc) is 2.80. The van der Waals surface area contributed by atoms with Gasteiger partial charge in [0.15, 0.2) is 0 Å². The summed E-state index contributed by atoms with van der Waals surface area (Å²) in [7, 11) is 0. The molecule has 0 bridgehead atoms. The van der Waals surface area contributed by atoms with E-state index >= 15 is 0 Å². The first-order chi connectivity index (χ1) is 7.79. The quantitative estimate of drug-likeness (QED) is 0.610. The molecule has 0 aliphatic heterocycles. The summed E-state index contributed by atoms with van der Waals surface area (Å²) in [6, 6.07) is -0.0199. The smallest absolute Gasteiger partial charge is 0.0794 e. The number of aromatic nitrogens is 3. The number of aryl methyl sites for hydroxylation is 1. The van der Waals surface area contributed by atoms with E-state index < -0.39 is 0 Å². The molecule has 0 aliphatic rings. The zero-order valence-electron chi connectivity index (χ0n) is 8.92. The normalized spacial score (nSPS) is 12.6. The van der Waals surface area contributed by atoms with Gasteiger partial charge >= 0.3 is 0 Å². The van der Waals surface area contributed by atoms with Gasteiger partial charge in [0.1, 0.15) is 0 Å². The van der Waals surface area contributed by atoms with Crippen LogP contribution in [-0.4, -0.2) is 15.0 Å². The van der Waals surface area contributed by atoms with E-state index in [0.29, 0.717) is 0 Å². The highest BCUT2D eigenvalue weighted by molar-refractivity contribution is 7.09. The predicted molar refractivity (Wildman–Crippen MR) is 62.7 cm³/mol. The Morgan fingerprint density at radius 3 is 2.81 bits per heavy atom. The number of hydrazine groups is 1. The Morgan fingerprint density at radius 1 is 1.38 bits per heavy atom. The third-order valence-electron chi connectivity index (χ3n) is 2.25. The summed E-state index contributed by atoms with van der Waals surface area (Å²) in [6.07, 6.45) is 6.11. The third kappa shape index (κ3) is 2.60. The second kappa shape index (κ2) is 5.11. The fourth-order valence-electron chi connectivity index (χ4n) is 1.38. The van der Waals surface area contributed by atoms with Gasteiger partial charge in [0.25, 0.3) is 0 Å². The van der Waals surface area contributed by atoms with Gasteiger partial charge in [0.05, 0.1) is 29.1 Å². The Bertz CT molecular complexity index is 425. The fourth-order valence-corrected chi connectivity index (χ4v) is 2.02. The molecule has 0 radical (unpaired) electrons. The largest absolute Gasteiger partial charge is 0.271 e. The van der Waals surface area contributed by atoms with Gasteiger partial charge < -0.3 is 0 Å². The summed E-state index contributed by atoms with van der Waals surface area (Å²) in [6.45, 7) is 1.91. The maximum atomic E-state index is 5.53. The van der Waals surface area contributed by atoms with Crippen LogP contribution in [0.1, 0.15) is 22.3 Å². The second-order valence-corrected chi connectivity index (χ2v) is 4.44. The van der Waals surface area contributed by atoms with Crippen molar-refractivity contribution in [2.75, 3.05) is 0 Å². The Morgan fingerprint density at radius 2 is 2.25 bits per heavy atom. The van der Waals surface area contributed by atoms with Gasteiger partial charge in [0.2, 0.25) is 0 Å². The van der Waals surface area contributed by atoms with Crippen molar-refractivity contribution in [2.24, 2.45) is 5.84 Å². The predicted octanol–water partition coefficient (Wildman–Crippen LogP) is 0.989. The molecule has 0 saturated heterocycles. The van der Waals surface area contributed by atoms with Gasteiger partial charge in [-0.2, -0.15) is 0 Å². The average molecular weight is 235 g/mol. The summed E-state index contributed by atoms with van der Waals surface area (Å²) in [4.78, 5) is 13.7. The molecule has 6 heteroatoms. The van der Waals surface area contributed by atoms with Crippen LogP contribution in [0.25, 0.3) is 0 Å². The minimum absolute atomic E-state index is 0.0199. The van der Waals surface area contributed by atoms with Crippen molar-refractivity contribution in [3.05, 3.63) is 40.4 Å². The Labute approximate surface area is 97.7 Å². The molecule has 16 heavy (non-hydrogen) atoms. The highest BCUT2D eigenvalue weighted by Crippen LogP contribution is 2.17. The van der Waals surface area contributed by atoms with Gasteiger partial charge in [-0.15, -0.1) is 11.3 Å². The van der Waals surface area contributed by atoms with Crippen molar-refractivity contribution in [3.8, 4) is 0 Å². The van der Waals surface area contributed by atoms with E-state index in [-0.39, 0.29) is 6.04 Å². The van der Waals surface area contributed by atoms with E-state index in [2.05, 4.69) is 20.4 Å². The number of nitrogens with zero attached hydrogens (tertiary/aromatic N) is 3. The molecule has 2 aromatic rings. The molecule has 84 valence electrons. The first-order valence-corrected chi connectivity index (χ1v) is 5.79. The molecule has 0 spiro atoms. The van der Waals surface area contributed by atoms with Crippen molar-refractivity contribution < 1.29 is 0 Å². The molecule has 0 saturated carbocycles. The van der Waals surface area contributed by atoms with Crippen LogP contribution >= 0.6 is 11.3 Å². The highest BCUT2D eigenvalue weighted by atomic mass is 32.1. The zero-order valence-corrected chi connectivity index (χ0v) is 9.74. The summed E-state index contributed by atoms with van der Waals surface area (Å²) in [5.41, 5.74) is 6.31. The molecule has 3 N–H and O–H groups in total. The number of nitrogens with one attached hydrogen (secondary N) is 1. The standard InChI is InChI=1S/C10H13N5S/c1-7-3-14-10(5-13-7)9(15-11)2-8-4-12-6-16-8/h3-6,9,15H,2,11H2,1H3. The van der Waals surface area contributed by atoms with Crippen molar-refractivity contribution in [1.29, 1.82) is 0 Å². The fraction of sp³-hybridized carbons (Fsp3) is 0.300. The van der Waals surface area contributed by atoms with E-state index in [4.69, 9.17) is 5.84 Å². The van der Waals surface area contributed by atoms with E-state index in [1.807, 2.05) is 18.6 Å². The van der Waals surface area contributed by atoms with Crippen LogP contribution in [0.5, 0.6) is 0 Å². The van der Waals surface area contributed by atoms with Crippen LogP contribution in [0, 0.1) is 6.92 Å². The van der Waals surface area contributed by atoms with E-state index in [9.17, 15) is 0 Å². The lowest BCUT2D eigenvalue weighted by Gasteiger charge is -2.13. The van der Waals surface area contributed by atoms with E-state index in [0.717, 1.165) is 17.8 Å². The third-order valence-corrected chi connectivity index (χ3v) is 3.05. The minimum atomic E-state index is -0.0199. The topological polar surface area (TPSA) is 76.7 Å². The van der Waals surface area contributed by atoms with Crippen molar-refractivity contribution in [1.82, 2.24) is 20.4 Å². The SMILES string of the molecule is Cc1cnc(C(Cc2cncs2)NN)cn1. The van der Waals surface area contributed by atoms with Gasteiger partial charge in [0, 0.05) is 23.7 Å². The Kier molecular flexibility index (Phi) is 3.55. The summed E-state index contributed by atoms with van der Waals surface area (Å²) >= 11 is 1.61. The molecule has 1 unspecified atom stereocenters. The highest BCUT2D eigenvalue weighted by Gasteiger charge is 2.13. The number of hydrogen-bond acceptors (Lipinski definition) is 6. The first-order valence-electron chi connectivity index (χ1n) is 4.91. The van der Waals surface area contributed by atoms with E-state index in [1.54, 1.807) is 23.7 Å². The molecule has 0 aliphatic carbocycles. The maximum Gasteiger partial charge on any atom is 0.0794 e. The molecule has 1 atom stereocenters. The molecule has 2 rings (SSSR count). The van der Waals surface area contributed by atoms with Gasteiger partial charge in [-0.1, -0.05) is 0 Å². The zero-order chi connectivity index (χ0) is 11.4. The molecular weight excluding hydrogens is 222 g/mol. The van der Waals surface area contributed by atoms with Crippen LogP contribution in [0.15, 0.2) is 24.1 Å². The van der Waals surface area contributed by atoms with Crippen molar-refractivity contribution in [2.45, 2.75) is 19.4 Å². The second-order valence-electron chi connectivity index (χ2n) is 3.47. The van der Waals surface area contributed by atoms with Gasteiger partial charge in [-0.25, -0.2) is 0 Å². The van der Waals surface area contributed by atoms with Crippen molar-refractivity contribution in [3.63, 3.8) is 0 Å². The summed E-state index contributed by atoms with van der Waals surface area (Å²) in [5, 5.41) is 0. The molecule has 0 amide bonds. The summed E-state index contributed by atoms with van der Waals surface area (Å²) < 4.78 is 0. The molecule has 2 aromatic heterocycles. The minimum Gasteiger partial charge on any atom is -0.271 e. The summed E-state index contributed by atoms with van der Waals surface area (Å²) in [5.74, 6) is 5.53. The van der Waals surface area contributed by atoms with Crippen LogP contribution in [0.3, 0.4) is 0 Å². The number of hydrogen-bond donors (Lipinski definition) is 2. The monoisotopic (exact) mass is 235 g/mol. The molecular formula is C10H13N5S. The number of thiazole rings is 1. The lowest BCUT2D eigenvalue weighted by Crippen LogP contribution is -2.30. The maximum absolute atomic E-state index is 5.53. The van der Waals surface area contributed by atoms with Crippen LogP contribution in [-0.2, 0) is 6.42 Å². The molecule has 0 aromatic carbocycles. The Balaban J connectivity index is 2.13.